The molecule has 0 aromatic carbocycles. The molecular weight excluding hydrogens is 200 g/mol. The van der Waals surface area contributed by atoms with Crippen LogP contribution >= 0.6 is 0 Å². The van der Waals surface area contributed by atoms with Gasteiger partial charge in [-0.3, -0.25) is 0 Å². The standard InChI is InChI=1S/C14H26O2/c1-9-7-15-14(16-8-9)13-6-5-10(2)11(3)12(13)4/h9-14H,5-8H2,1-4H3. The first-order valence-corrected chi connectivity index (χ1v) is 6.82. The molecule has 1 aliphatic carbocycles. The van der Waals surface area contributed by atoms with Crippen LogP contribution in [0.15, 0.2) is 0 Å². The van der Waals surface area contributed by atoms with Crippen LogP contribution in [0.4, 0.5) is 0 Å². The van der Waals surface area contributed by atoms with Gasteiger partial charge in [0, 0.05) is 11.8 Å². The summed E-state index contributed by atoms with van der Waals surface area (Å²) in [7, 11) is 0. The lowest BCUT2D eigenvalue weighted by molar-refractivity contribution is -0.237. The lowest BCUT2D eigenvalue weighted by atomic mass is 9.68. The van der Waals surface area contributed by atoms with Gasteiger partial charge in [0.25, 0.3) is 0 Å². The van der Waals surface area contributed by atoms with E-state index in [0.29, 0.717) is 11.8 Å². The summed E-state index contributed by atoms with van der Waals surface area (Å²) in [6.45, 7) is 11.1. The van der Waals surface area contributed by atoms with Crippen molar-refractivity contribution in [1.29, 1.82) is 0 Å². The third-order valence-corrected chi connectivity index (χ3v) is 4.80. The molecule has 16 heavy (non-hydrogen) atoms. The van der Waals surface area contributed by atoms with Crippen molar-refractivity contribution in [2.45, 2.75) is 46.8 Å². The zero-order chi connectivity index (χ0) is 11.7. The molecule has 4 unspecified atom stereocenters. The molecule has 0 bridgehead atoms. The van der Waals surface area contributed by atoms with Crippen LogP contribution < -0.4 is 0 Å². The molecular formula is C14H26O2. The van der Waals surface area contributed by atoms with Gasteiger partial charge in [-0.1, -0.05) is 27.7 Å². The molecule has 0 radical (unpaired) electrons. The smallest absolute Gasteiger partial charge is 0.160 e. The first kappa shape index (κ1) is 12.4. The second-order valence-corrected chi connectivity index (χ2v) is 6.08. The van der Waals surface area contributed by atoms with Crippen LogP contribution in [-0.4, -0.2) is 19.5 Å². The van der Waals surface area contributed by atoms with Gasteiger partial charge in [0.1, 0.15) is 0 Å². The molecule has 1 saturated heterocycles. The third kappa shape index (κ3) is 2.43. The predicted octanol–water partition coefficient (Wildman–Crippen LogP) is 3.31. The van der Waals surface area contributed by atoms with Crippen LogP contribution in [0.25, 0.3) is 0 Å². The van der Waals surface area contributed by atoms with E-state index < -0.39 is 0 Å². The van der Waals surface area contributed by atoms with Crippen molar-refractivity contribution in [2.24, 2.45) is 29.6 Å². The van der Waals surface area contributed by atoms with E-state index in [0.717, 1.165) is 31.0 Å². The Labute approximate surface area is 99.7 Å². The van der Waals surface area contributed by atoms with E-state index in [9.17, 15) is 0 Å². The van der Waals surface area contributed by atoms with Crippen LogP contribution in [-0.2, 0) is 9.47 Å². The number of ether oxygens (including phenoxy) is 2. The Morgan fingerprint density at radius 3 is 2.06 bits per heavy atom. The van der Waals surface area contributed by atoms with Gasteiger partial charge in [-0.2, -0.15) is 0 Å². The Morgan fingerprint density at radius 2 is 1.44 bits per heavy atom. The first-order chi connectivity index (χ1) is 7.59. The summed E-state index contributed by atoms with van der Waals surface area (Å²) in [5.41, 5.74) is 0. The topological polar surface area (TPSA) is 18.5 Å². The van der Waals surface area contributed by atoms with Crippen LogP contribution in [0.5, 0.6) is 0 Å². The molecule has 2 rings (SSSR count). The van der Waals surface area contributed by atoms with Gasteiger partial charge in [0.15, 0.2) is 6.29 Å². The average molecular weight is 226 g/mol. The summed E-state index contributed by atoms with van der Waals surface area (Å²) in [5, 5.41) is 0. The van der Waals surface area contributed by atoms with Crippen molar-refractivity contribution < 1.29 is 9.47 Å². The van der Waals surface area contributed by atoms with E-state index in [1.165, 1.54) is 12.8 Å². The molecule has 2 fully saturated rings. The van der Waals surface area contributed by atoms with Gasteiger partial charge in [0.05, 0.1) is 13.2 Å². The largest absolute Gasteiger partial charge is 0.352 e. The minimum Gasteiger partial charge on any atom is -0.352 e. The minimum atomic E-state index is 0.0705. The molecule has 0 aromatic heterocycles. The maximum Gasteiger partial charge on any atom is 0.160 e. The number of hydrogen-bond donors (Lipinski definition) is 0. The van der Waals surface area contributed by atoms with Crippen LogP contribution in [0.1, 0.15) is 40.5 Å². The van der Waals surface area contributed by atoms with E-state index in [4.69, 9.17) is 9.47 Å². The van der Waals surface area contributed by atoms with Gasteiger partial charge in [0.2, 0.25) is 0 Å². The Hall–Kier alpha value is -0.0800. The highest BCUT2D eigenvalue weighted by Gasteiger charge is 2.38. The monoisotopic (exact) mass is 226 g/mol. The molecule has 2 heteroatoms. The highest BCUT2D eigenvalue weighted by Crippen LogP contribution is 2.41. The SMILES string of the molecule is CC1COC(C2CCC(C)C(C)C2C)OC1. The van der Waals surface area contributed by atoms with E-state index >= 15 is 0 Å². The molecule has 4 atom stereocenters. The van der Waals surface area contributed by atoms with Gasteiger partial charge in [-0.05, 0) is 30.6 Å². The van der Waals surface area contributed by atoms with Crippen molar-refractivity contribution in [3.8, 4) is 0 Å². The fourth-order valence-corrected chi connectivity index (χ4v) is 3.13. The van der Waals surface area contributed by atoms with Gasteiger partial charge < -0.3 is 9.47 Å². The molecule has 2 aliphatic rings. The molecule has 2 nitrogen and oxygen atoms in total. The van der Waals surface area contributed by atoms with Crippen molar-refractivity contribution in [2.75, 3.05) is 13.2 Å². The normalized spacial score (nSPS) is 50.2. The highest BCUT2D eigenvalue weighted by atomic mass is 16.7. The van der Waals surface area contributed by atoms with Crippen LogP contribution in [0, 0.1) is 29.6 Å². The molecule has 1 saturated carbocycles. The van der Waals surface area contributed by atoms with Crippen LogP contribution in [0.3, 0.4) is 0 Å². The number of hydrogen-bond acceptors (Lipinski definition) is 2. The Bertz CT molecular complexity index is 221. The number of rotatable bonds is 1. The Balaban J connectivity index is 1.94. The van der Waals surface area contributed by atoms with E-state index in [-0.39, 0.29) is 6.29 Å². The van der Waals surface area contributed by atoms with Crippen molar-refractivity contribution >= 4 is 0 Å². The molecule has 1 aliphatic heterocycles. The van der Waals surface area contributed by atoms with Crippen molar-refractivity contribution in [3.05, 3.63) is 0 Å². The quantitative estimate of drug-likeness (QED) is 0.683. The van der Waals surface area contributed by atoms with E-state index in [1.54, 1.807) is 0 Å². The predicted molar refractivity (Wildman–Crippen MR) is 65.1 cm³/mol. The molecule has 1 heterocycles. The summed E-state index contributed by atoms with van der Waals surface area (Å²) >= 11 is 0. The summed E-state index contributed by atoms with van der Waals surface area (Å²) in [6.07, 6.45) is 2.67. The van der Waals surface area contributed by atoms with Crippen molar-refractivity contribution in [1.82, 2.24) is 0 Å². The highest BCUT2D eigenvalue weighted by molar-refractivity contribution is 4.83. The third-order valence-electron chi connectivity index (χ3n) is 4.80. The summed E-state index contributed by atoms with van der Waals surface area (Å²) in [4.78, 5) is 0. The minimum absolute atomic E-state index is 0.0705. The first-order valence-electron chi connectivity index (χ1n) is 6.82. The summed E-state index contributed by atoms with van der Waals surface area (Å²) in [5.74, 6) is 3.55. The van der Waals surface area contributed by atoms with E-state index in [2.05, 4.69) is 27.7 Å². The molecule has 0 N–H and O–H groups in total. The fourth-order valence-electron chi connectivity index (χ4n) is 3.13. The zero-order valence-corrected chi connectivity index (χ0v) is 11.1. The Kier molecular flexibility index (Phi) is 3.91. The average Bonchev–Trinajstić information content (AvgIpc) is 2.28. The van der Waals surface area contributed by atoms with Gasteiger partial charge >= 0.3 is 0 Å². The van der Waals surface area contributed by atoms with E-state index in [1.807, 2.05) is 0 Å². The Morgan fingerprint density at radius 1 is 0.812 bits per heavy atom. The van der Waals surface area contributed by atoms with Crippen molar-refractivity contribution in [3.63, 3.8) is 0 Å². The molecule has 0 amide bonds. The second-order valence-electron chi connectivity index (χ2n) is 6.08. The lowest BCUT2D eigenvalue weighted by Crippen LogP contribution is -2.43. The van der Waals surface area contributed by atoms with Gasteiger partial charge in [-0.15, -0.1) is 0 Å². The summed E-state index contributed by atoms with van der Waals surface area (Å²) < 4.78 is 11.7. The molecule has 94 valence electrons. The summed E-state index contributed by atoms with van der Waals surface area (Å²) in [6, 6.07) is 0. The fraction of sp³-hybridized carbons (Fsp3) is 1.00. The second kappa shape index (κ2) is 5.05. The van der Waals surface area contributed by atoms with Crippen LogP contribution in [0.2, 0.25) is 0 Å². The maximum absolute atomic E-state index is 5.86. The lowest BCUT2D eigenvalue weighted by Gasteiger charge is -2.43. The van der Waals surface area contributed by atoms with Gasteiger partial charge in [-0.25, -0.2) is 0 Å². The molecule has 0 aromatic rings. The molecule has 0 spiro atoms. The zero-order valence-electron chi connectivity index (χ0n) is 11.1. The maximum atomic E-state index is 5.86.